The van der Waals surface area contributed by atoms with E-state index < -0.39 is 7.12 Å². The van der Waals surface area contributed by atoms with Crippen molar-refractivity contribution in [3.05, 3.63) is 72.1 Å². The molecular weight excluding hydrogens is 353 g/mol. The van der Waals surface area contributed by atoms with Gasteiger partial charge >= 0.3 is 7.12 Å². The molecule has 7 heteroatoms. The second-order valence-corrected chi connectivity index (χ2v) is 6.54. The van der Waals surface area contributed by atoms with E-state index in [0.717, 1.165) is 52.7 Å². The summed E-state index contributed by atoms with van der Waals surface area (Å²) >= 11 is 0. The number of nitrogens with one attached hydrogen (secondary N) is 1. The molecule has 144 valence electrons. The van der Waals surface area contributed by atoms with Gasteiger partial charge in [0.05, 0.1) is 36.5 Å². The fourth-order valence-electron chi connectivity index (χ4n) is 3.13. The smallest absolute Gasteiger partial charge is 0.480 e. The van der Waals surface area contributed by atoms with Gasteiger partial charge in [0.25, 0.3) is 0 Å². The first-order valence-electron chi connectivity index (χ1n) is 9.33. The first-order chi connectivity index (χ1) is 13.7. The van der Waals surface area contributed by atoms with Crippen LogP contribution in [0.4, 0.5) is 5.69 Å². The van der Waals surface area contributed by atoms with Crippen LogP contribution in [0.1, 0.15) is 25.7 Å². The number of H-pyrrole nitrogens is 1. The summed E-state index contributed by atoms with van der Waals surface area (Å²) in [4.78, 5) is 4.92. The highest BCUT2D eigenvalue weighted by Crippen LogP contribution is 2.27. The van der Waals surface area contributed by atoms with Crippen LogP contribution < -0.4 is 0 Å². The Hall–Kier alpha value is -2.90. The quantitative estimate of drug-likeness (QED) is 0.296. The highest BCUT2D eigenvalue weighted by atomic mass is 16.5. The topological polar surface area (TPSA) is 90.7 Å². The molecule has 1 aromatic carbocycles. The van der Waals surface area contributed by atoms with Crippen molar-refractivity contribution in [1.29, 1.82) is 0 Å². The third-order valence-corrected chi connectivity index (χ3v) is 4.47. The molecular formula is C21H24BN3O3. The van der Waals surface area contributed by atoms with Crippen LogP contribution >= 0.6 is 0 Å². The molecule has 0 radical (unpaired) electrons. The largest absolute Gasteiger partial charge is 0.504 e. The molecule has 0 aliphatic heterocycles. The first kappa shape index (κ1) is 19.9. The third-order valence-electron chi connectivity index (χ3n) is 4.47. The van der Waals surface area contributed by atoms with Crippen LogP contribution in [0.3, 0.4) is 0 Å². The molecule has 0 fully saturated rings. The fourth-order valence-corrected chi connectivity index (χ4v) is 3.13. The molecule has 0 atom stereocenters. The van der Waals surface area contributed by atoms with Crippen LogP contribution in [0.2, 0.25) is 0 Å². The number of ether oxygens (including phenoxy) is 1. The van der Waals surface area contributed by atoms with E-state index in [2.05, 4.69) is 16.3 Å². The van der Waals surface area contributed by atoms with Crippen LogP contribution in [0.15, 0.2) is 77.1 Å². The molecule has 0 spiro atoms. The zero-order valence-electron chi connectivity index (χ0n) is 15.9. The van der Waals surface area contributed by atoms with Gasteiger partial charge in [0.2, 0.25) is 0 Å². The summed E-state index contributed by atoms with van der Waals surface area (Å²) < 4.78 is 4.99. The standard InChI is InChI=1S/C21H24BN3O3/c1-28-13-5-8-17(11-12-22(26)27)21(16-6-3-2-4-7-16)24-19-9-10-20-18(14-19)15-23-25-20/h5-6,8-15,26-27H,2-4,7H2,1H3,(H,23,25)/b12-11+,13-5+,17-8+,24-21?. The van der Waals surface area contributed by atoms with Crippen LogP contribution in [0.5, 0.6) is 0 Å². The number of aromatic nitrogens is 2. The Bertz CT molecular complexity index is 955. The van der Waals surface area contributed by atoms with Crippen LogP contribution in [-0.4, -0.2) is 40.2 Å². The average Bonchev–Trinajstić information content (AvgIpc) is 3.17. The van der Waals surface area contributed by atoms with Crippen LogP contribution in [0, 0.1) is 0 Å². The van der Waals surface area contributed by atoms with E-state index in [1.165, 1.54) is 12.4 Å². The Morgan fingerprint density at radius 3 is 2.96 bits per heavy atom. The van der Waals surface area contributed by atoms with E-state index in [4.69, 9.17) is 9.73 Å². The molecule has 1 heterocycles. The van der Waals surface area contributed by atoms with Crippen molar-refractivity contribution in [1.82, 2.24) is 10.2 Å². The highest BCUT2D eigenvalue weighted by Gasteiger charge is 2.15. The Kier molecular flexibility index (Phi) is 7.00. The van der Waals surface area contributed by atoms with E-state index in [1.54, 1.807) is 31.7 Å². The molecule has 0 amide bonds. The predicted molar refractivity (Wildman–Crippen MR) is 113 cm³/mol. The van der Waals surface area contributed by atoms with Gasteiger partial charge in [-0.1, -0.05) is 18.1 Å². The van der Waals surface area contributed by atoms with Gasteiger partial charge in [-0.3, -0.25) is 5.10 Å². The van der Waals surface area contributed by atoms with Crippen molar-refractivity contribution in [2.75, 3.05) is 7.11 Å². The lowest BCUT2D eigenvalue weighted by molar-refractivity contribution is 0.338. The number of nitrogens with zero attached hydrogens (tertiary/aromatic N) is 2. The number of benzene rings is 1. The van der Waals surface area contributed by atoms with Crippen molar-refractivity contribution in [3.8, 4) is 0 Å². The maximum absolute atomic E-state index is 9.28. The first-order valence-corrected chi connectivity index (χ1v) is 9.33. The molecule has 0 unspecified atom stereocenters. The number of aliphatic imine (C=N–C) groups is 1. The molecule has 3 rings (SSSR count). The summed E-state index contributed by atoms with van der Waals surface area (Å²) in [5.41, 5.74) is 4.53. The zero-order valence-corrected chi connectivity index (χ0v) is 15.9. The Morgan fingerprint density at radius 2 is 2.21 bits per heavy atom. The van der Waals surface area contributed by atoms with Crippen molar-refractivity contribution in [2.24, 2.45) is 4.99 Å². The number of fused-ring (bicyclic) bond motifs is 1. The molecule has 1 aliphatic carbocycles. The zero-order chi connectivity index (χ0) is 19.8. The SMILES string of the molecule is CO/C=C/C=C(\C=C\B(O)O)C(=Nc1ccc2[nH]ncc2c1)C1=CCCCC1. The summed E-state index contributed by atoms with van der Waals surface area (Å²) in [5.74, 6) is 1.32. The molecule has 2 aromatic rings. The number of hydrogen-bond acceptors (Lipinski definition) is 5. The van der Waals surface area contributed by atoms with Gasteiger partial charge in [0, 0.05) is 5.39 Å². The molecule has 0 saturated carbocycles. The van der Waals surface area contributed by atoms with Gasteiger partial charge in [-0.25, -0.2) is 4.99 Å². The Morgan fingerprint density at radius 1 is 1.32 bits per heavy atom. The second-order valence-electron chi connectivity index (χ2n) is 6.54. The molecule has 6 nitrogen and oxygen atoms in total. The average molecular weight is 377 g/mol. The third kappa shape index (κ3) is 5.31. The van der Waals surface area contributed by atoms with Gasteiger partial charge in [-0.2, -0.15) is 5.10 Å². The lowest BCUT2D eigenvalue weighted by Gasteiger charge is -2.16. The number of rotatable bonds is 7. The summed E-state index contributed by atoms with van der Waals surface area (Å²) in [7, 11) is 0.0505. The van der Waals surface area contributed by atoms with Crippen molar-refractivity contribution >= 4 is 29.4 Å². The summed E-state index contributed by atoms with van der Waals surface area (Å²) in [6.07, 6.45) is 15.1. The summed E-state index contributed by atoms with van der Waals surface area (Å²) in [6, 6.07) is 5.88. The van der Waals surface area contributed by atoms with Crippen LogP contribution in [0.25, 0.3) is 10.9 Å². The Labute approximate surface area is 164 Å². The fraction of sp³-hybridized carbons (Fsp3) is 0.238. The number of aromatic amines is 1. The lowest BCUT2D eigenvalue weighted by atomic mass is 9.87. The lowest BCUT2D eigenvalue weighted by Crippen LogP contribution is -2.11. The minimum Gasteiger partial charge on any atom is -0.504 e. The summed E-state index contributed by atoms with van der Waals surface area (Å²) in [5, 5.41) is 26.6. The molecule has 1 aliphatic rings. The van der Waals surface area contributed by atoms with E-state index in [-0.39, 0.29) is 0 Å². The van der Waals surface area contributed by atoms with E-state index in [1.807, 2.05) is 24.3 Å². The predicted octanol–water partition coefficient (Wildman–Crippen LogP) is 3.79. The number of methoxy groups -OCH3 is 1. The van der Waals surface area contributed by atoms with Crippen LogP contribution in [-0.2, 0) is 4.74 Å². The molecule has 1 aromatic heterocycles. The van der Waals surface area contributed by atoms with Crippen molar-refractivity contribution in [3.63, 3.8) is 0 Å². The van der Waals surface area contributed by atoms with Gasteiger partial charge in [-0.05, 0) is 67.2 Å². The van der Waals surface area contributed by atoms with Gasteiger partial charge < -0.3 is 14.8 Å². The highest BCUT2D eigenvalue weighted by molar-refractivity contribution is 6.47. The van der Waals surface area contributed by atoms with Crippen molar-refractivity contribution in [2.45, 2.75) is 25.7 Å². The van der Waals surface area contributed by atoms with E-state index >= 15 is 0 Å². The van der Waals surface area contributed by atoms with E-state index in [9.17, 15) is 10.0 Å². The van der Waals surface area contributed by atoms with Crippen molar-refractivity contribution < 1.29 is 14.8 Å². The van der Waals surface area contributed by atoms with Gasteiger partial charge in [0.15, 0.2) is 0 Å². The van der Waals surface area contributed by atoms with Gasteiger partial charge in [-0.15, -0.1) is 0 Å². The minimum absolute atomic E-state index is 0.779. The monoisotopic (exact) mass is 377 g/mol. The maximum Gasteiger partial charge on any atom is 0.480 e. The van der Waals surface area contributed by atoms with E-state index in [0.29, 0.717) is 0 Å². The minimum atomic E-state index is -1.53. The molecule has 0 bridgehead atoms. The Balaban J connectivity index is 2.08. The maximum atomic E-state index is 9.28. The molecule has 0 saturated heterocycles. The number of hydrogen-bond donors (Lipinski definition) is 3. The summed E-state index contributed by atoms with van der Waals surface area (Å²) in [6.45, 7) is 0. The normalized spacial score (nSPS) is 16.2. The molecule has 28 heavy (non-hydrogen) atoms. The number of allylic oxidation sites excluding steroid dienone is 6. The second kappa shape index (κ2) is 9.87. The molecule has 3 N–H and O–H groups in total. The van der Waals surface area contributed by atoms with Gasteiger partial charge in [0.1, 0.15) is 0 Å².